The Labute approximate surface area is 182 Å². The highest BCUT2D eigenvalue weighted by Gasteiger charge is 2.34. The number of amidine groups is 1. The van der Waals surface area contributed by atoms with Crippen LogP contribution in [0.3, 0.4) is 0 Å². The lowest BCUT2D eigenvalue weighted by Gasteiger charge is -2.30. The Balaban J connectivity index is 1.96. The number of pyridine rings is 2. The molecule has 32 heavy (non-hydrogen) atoms. The van der Waals surface area contributed by atoms with Crippen LogP contribution in [0.15, 0.2) is 53.0 Å². The Hall–Kier alpha value is -3.89. The van der Waals surface area contributed by atoms with Crippen molar-refractivity contribution < 1.29 is 28.2 Å². The molecule has 0 fully saturated rings. The molecule has 11 heteroatoms. The highest BCUT2D eigenvalue weighted by molar-refractivity contribution is 6.27. The molecule has 0 saturated carbocycles. The number of rotatable bonds is 3. The Kier molecular flexibility index (Phi) is 6.47. The van der Waals surface area contributed by atoms with E-state index in [2.05, 4.69) is 20.3 Å². The van der Waals surface area contributed by atoms with Crippen molar-refractivity contribution in [1.82, 2.24) is 14.9 Å². The zero-order chi connectivity index (χ0) is 23.5. The van der Waals surface area contributed by atoms with Crippen LogP contribution in [0.5, 0.6) is 0 Å². The van der Waals surface area contributed by atoms with Crippen LogP contribution in [0.4, 0.5) is 25.2 Å². The van der Waals surface area contributed by atoms with Crippen molar-refractivity contribution in [2.24, 2.45) is 4.99 Å². The van der Waals surface area contributed by atoms with Gasteiger partial charge >= 0.3 is 6.09 Å². The number of halogens is 2. The number of ether oxygens (including phenoxy) is 1. The number of aliphatic hydroxyl groups is 1. The lowest BCUT2D eigenvalue weighted by molar-refractivity contribution is -0.117. The number of nitrogens with one attached hydrogen (secondary N) is 1. The smallest absolute Gasteiger partial charge is 0.411 e. The van der Waals surface area contributed by atoms with E-state index in [1.807, 2.05) is 0 Å². The molecule has 2 aromatic heterocycles. The van der Waals surface area contributed by atoms with Crippen molar-refractivity contribution in [3.05, 3.63) is 59.6 Å². The van der Waals surface area contributed by atoms with Crippen LogP contribution in [0, 0.1) is 11.6 Å². The van der Waals surface area contributed by atoms with E-state index in [1.165, 1.54) is 12.1 Å². The maximum Gasteiger partial charge on any atom is 0.411 e. The third-order valence-corrected chi connectivity index (χ3v) is 4.04. The van der Waals surface area contributed by atoms with Crippen LogP contribution in [0.1, 0.15) is 20.8 Å². The molecule has 168 valence electrons. The standard InChI is InChI=1S/C21H21F2N5O4/c1-21(2,3)32-20(31)28-10-14(29)18(15(30)11-28)19(26-16-6-4-12(22)8-24-16)27-17-7-5-13(23)9-25-17/h4-9,29H,10-11H2,1-3H3,(H,24,25,26,27). The summed E-state index contributed by atoms with van der Waals surface area (Å²) in [5, 5.41) is 13.3. The molecular formula is C21H21F2N5O4. The van der Waals surface area contributed by atoms with Gasteiger partial charge in [-0.1, -0.05) is 0 Å². The average Bonchev–Trinajstić information content (AvgIpc) is 2.69. The highest BCUT2D eigenvalue weighted by Crippen LogP contribution is 2.21. The molecule has 0 saturated heterocycles. The number of carbonyl (C=O) groups is 2. The lowest BCUT2D eigenvalue weighted by atomic mass is 10.0. The number of ketones is 1. The SMILES string of the molecule is CC(C)(C)OC(=O)N1CC(=O)C(C(=Nc2ccc(F)cn2)Nc2ccc(F)cn2)=C(O)C1. The van der Waals surface area contributed by atoms with Crippen molar-refractivity contribution in [2.45, 2.75) is 26.4 Å². The van der Waals surface area contributed by atoms with Crippen molar-refractivity contribution in [3.8, 4) is 0 Å². The number of carbonyl (C=O) groups excluding carboxylic acids is 2. The summed E-state index contributed by atoms with van der Waals surface area (Å²) in [4.78, 5) is 38.1. The largest absolute Gasteiger partial charge is 0.510 e. The van der Waals surface area contributed by atoms with Crippen LogP contribution in [-0.4, -0.2) is 56.4 Å². The van der Waals surface area contributed by atoms with Gasteiger partial charge in [-0.05, 0) is 45.0 Å². The second kappa shape index (κ2) is 9.08. The number of hydrogen-bond donors (Lipinski definition) is 2. The van der Waals surface area contributed by atoms with E-state index >= 15 is 0 Å². The van der Waals surface area contributed by atoms with Gasteiger partial charge in [0.15, 0.2) is 11.6 Å². The van der Waals surface area contributed by atoms with Crippen LogP contribution in [-0.2, 0) is 9.53 Å². The van der Waals surface area contributed by atoms with Crippen molar-refractivity contribution >= 4 is 29.3 Å². The Morgan fingerprint density at radius 3 is 2.31 bits per heavy atom. The number of hydrogen-bond acceptors (Lipinski definition) is 7. The van der Waals surface area contributed by atoms with Gasteiger partial charge in [-0.3, -0.25) is 9.69 Å². The molecule has 1 aliphatic rings. The quantitative estimate of drug-likeness (QED) is 0.548. The monoisotopic (exact) mass is 445 g/mol. The van der Waals surface area contributed by atoms with Gasteiger partial charge < -0.3 is 15.2 Å². The third-order valence-electron chi connectivity index (χ3n) is 4.04. The zero-order valence-electron chi connectivity index (χ0n) is 17.6. The number of amides is 1. The summed E-state index contributed by atoms with van der Waals surface area (Å²) < 4.78 is 31.7. The van der Waals surface area contributed by atoms with Crippen molar-refractivity contribution in [1.29, 1.82) is 0 Å². The first-order valence-corrected chi connectivity index (χ1v) is 9.54. The fourth-order valence-electron chi connectivity index (χ4n) is 2.72. The molecule has 1 aliphatic heterocycles. The Bertz CT molecular complexity index is 1080. The maximum atomic E-state index is 13.2. The van der Waals surface area contributed by atoms with E-state index in [9.17, 15) is 23.5 Å². The molecule has 0 aromatic carbocycles. The zero-order valence-corrected chi connectivity index (χ0v) is 17.6. The summed E-state index contributed by atoms with van der Waals surface area (Å²) in [6.07, 6.45) is 1.13. The van der Waals surface area contributed by atoms with E-state index in [4.69, 9.17) is 4.74 Å². The number of Topliss-reactive ketones (excluding diaryl/α,β-unsaturated/α-hetero) is 1. The fourth-order valence-corrected chi connectivity index (χ4v) is 2.72. The van der Waals surface area contributed by atoms with Gasteiger partial charge in [0.05, 0.1) is 25.5 Å². The minimum atomic E-state index is -0.781. The van der Waals surface area contributed by atoms with Gasteiger partial charge in [0.2, 0.25) is 0 Å². The van der Waals surface area contributed by atoms with E-state index < -0.39 is 34.9 Å². The summed E-state index contributed by atoms with van der Waals surface area (Å²) in [6, 6.07) is 4.85. The number of anilines is 1. The summed E-state index contributed by atoms with van der Waals surface area (Å²) >= 11 is 0. The van der Waals surface area contributed by atoms with E-state index in [-0.39, 0.29) is 36.1 Å². The minimum Gasteiger partial charge on any atom is -0.510 e. The van der Waals surface area contributed by atoms with E-state index in [0.717, 1.165) is 29.4 Å². The highest BCUT2D eigenvalue weighted by atomic mass is 19.1. The predicted octanol–water partition coefficient (Wildman–Crippen LogP) is 3.53. The molecule has 3 rings (SSSR count). The van der Waals surface area contributed by atoms with E-state index in [0.29, 0.717) is 0 Å². The topological polar surface area (TPSA) is 117 Å². The van der Waals surface area contributed by atoms with Gasteiger partial charge in [0, 0.05) is 0 Å². The van der Waals surface area contributed by atoms with Crippen LogP contribution < -0.4 is 5.32 Å². The first-order valence-electron chi connectivity index (χ1n) is 9.54. The van der Waals surface area contributed by atoms with Gasteiger partial charge in [-0.25, -0.2) is 28.5 Å². The number of aromatic nitrogens is 2. The normalized spacial score (nSPS) is 15.1. The molecule has 0 aliphatic carbocycles. The molecule has 2 N–H and O–H groups in total. The number of aliphatic imine (C=N–C) groups is 1. The van der Waals surface area contributed by atoms with Crippen LogP contribution in [0.2, 0.25) is 0 Å². The molecule has 0 bridgehead atoms. The lowest BCUT2D eigenvalue weighted by Crippen LogP contribution is -2.46. The maximum absolute atomic E-state index is 13.2. The van der Waals surface area contributed by atoms with Gasteiger partial charge in [-0.2, -0.15) is 0 Å². The summed E-state index contributed by atoms with van der Waals surface area (Å²) in [7, 11) is 0. The molecule has 9 nitrogen and oxygen atoms in total. The predicted molar refractivity (Wildman–Crippen MR) is 112 cm³/mol. The van der Waals surface area contributed by atoms with Crippen LogP contribution >= 0.6 is 0 Å². The minimum absolute atomic E-state index is 0.0404. The Morgan fingerprint density at radius 2 is 1.78 bits per heavy atom. The second-order valence-corrected chi connectivity index (χ2v) is 7.86. The molecule has 3 heterocycles. The fraction of sp³-hybridized carbons (Fsp3) is 0.286. The molecule has 2 aromatic rings. The summed E-state index contributed by atoms with van der Waals surface area (Å²) in [5.41, 5.74) is -0.988. The van der Waals surface area contributed by atoms with E-state index in [1.54, 1.807) is 20.8 Å². The summed E-state index contributed by atoms with van der Waals surface area (Å²) in [6.45, 7) is 4.36. The first kappa shape index (κ1) is 22.8. The molecular weight excluding hydrogens is 424 g/mol. The molecule has 1 amide bonds. The molecule has 0 atom stereocenters. The first-order chi connectivity index (χ1) is 15.0. The third kappa shape index (κ3) is 5.84. The molecule has 0 radical (unpaired) electrons. The van der Waals surface area contributed by atoms with Crippen molar-refractivity contribution in [2.75, 3.05) is 18.4 Å². The molecule has 0 spiro atoms. The van der Waals surface area contributed by atoms with Crippen molar-refractivity contribution in [3.63, 3.8) is 0 Å². The van der Waals surface area contributed by atoms with Gasteiger partial charge in [0.1, 0.15) is 40.2 Å². The average molecular weight is 445 g/mol. The number of nitrogens with zero attached hydrogens (tertiary/aromatic N) is 4. The van der Waals surface area contributed by atoms with Gasteiger partial charge in [-0.15, -0.1) is 0 Å². The van der Waals surface area contributed by atoms with Gasteiger partial charge in [0.25, 0.3) is 0 Å². The summed E-state index contributed by atoms with van der Waals surface area (Å²) in [5.74, 6) is -2.19. The van der Waals surface area contributed by atoms with Crippen LogP contribution in [0.25, 0.3) is 0 Å². The molecule has 0 unspecified atom stereocenters. The number of aliphatic hydroxyl groups excluding tert-OH is 1. The second-order valence-electron chi connectivity index (χ2n) is 7.86. The Morgan fingerprint density at radius 1 is 1.12 bits per heavy atom.